The van der Waals surface area contributed by atoms with E-state index in [1.54, 1.807) is 24.3 Å². The fourth-order valence-corrected chi connectivity index (χ4v) is 2.19. The first-order valence-electron chi connectivity index (χ1n) is 5.29. The summed E-state index contributed by atoms with van der Waals surface area (Å²) >= 11 is 6.39. The molecule has 0 saturated heterocycles. The second-order valence-electron chi connectivity index (χ2n) is 3.79. The zero-order chi connectivity index (χ0) is 14.0. The molecule has 2 rings (SSSR count). The van der Waals surface area contributed by atoms with Crippen LogP contribution in [0, 0.1) is 0 Å². The Morgan fingerprint density at radius 3 is 2.68 bits per heavy atom. The van der Waals surface area contributed by atoms with Gasteiger partial charge in [0.15, 0.2) is 0 Å². The standard InChI is InChI=1S/C12H9Br2N3O2/c13-9-5-16-17(12(19)10(9)14)6-7-3-1-2-4-8(7)11(15)18/h1-5H,6H2,(H2,15,18). The first kappa shape index (κ1) is 14.0. The Labute approximate surface area is 125 Å². The molecular weight excluding hydrogens is 378 g/mol. The average Bonchev–Trinajstić information content (AvgIpc) is 2.40. The minimum absolute atomic E-state index is 0.184. The van der Waals surface area contributed by atoms with Gasteiger partial charge in [0.2, 0.25) is 5.91 Å². The van der Waals surface area contributed by atoms with Gasteiger partial charge < -0.3 is 5.73 Å². The molecule has 0 spiro atoms. The molecule has 1 aromatic heterocycles. The Bertz CT molecular complexity index is 698. The maximum atomic E-state index is 12.0. The number of rotatable bonds is 3. The van der Waals surface area contributed by atoms with Crippen LogP contribution in [-0.2, 0) is 6.54 Å². The van der Waals surface area contributed by atoms with Crippen molar-refractivity contribution in [2.24, 2.45) is 5.73 Å². The summed E-state index contributed by atoms with van der Waals surface area (Å²) in [5.74, 6) is -0.528. The molecule has 0 unspecified atom stereocenters. The van der Waals surface area contributed by atoms with Crippen molar-refractivity contribution in [3.63, 3.8) is 0 Å². The molecule has 2 N–H and O–H groups in total. The van der Waals surface area contributed by atoms with E-state index in [-0.39, 0.29) is 12.1 Å². The lowest BCUT2D eigenvalue weighted by atomic mass is 10.1. The highest BCUT2D eigenvalue weighted by Crippen LogP contribution is 2.17. The van der Waals surface area contributed by atoms with E-state index in [2.05, 4.69) is 37.0 Å². The van der Waals surface area contributed by atoms with Crippen LogP contribution in [0.4, 0.5) is 0 Å². The van der Waals surface area contributed by atoms with Crippen molar-refractivity contribution in [2.75, 3.05) is 0 Å². The van der Waals surface area contributed by atoms with Crippen molar-refractivity contribution in [1.82, 2.24) is 9.78 Å². The Kier molecular flexibility index (Phi) is 4.16. The minimum atomic E-state index is -0.528. The highest BCUT2D eigenvalue weighted by Gasteiger charge is 2.11. The summed E-state index contributed by atoms with van der Waals surface area (Å²) in [7, 11) is 0. The normalized spacial score (nSPS) is 10.4. The van der Waals surface area contributed by atoms with Crippen LogP contribution in [0.3, 0.4) is 0 Å². The summed E-state index contributed by atoms with van der Waals surface area (Å²) in [6, 6.07) is 6.86. The maximum Gasteiger partial charge on any atom is 0.282 e. The summed E-state index contributed by atoms with van der Waals surface area (Å²) in [6.07, 6.45) is 1.51. The number of aromatic nitrogens is 2. The van der Waals surface area contributed by atoms with Crippen LogP contribution in [0.1, 0.15) is 15.9 Å². The van der Waals surface area contributed by atoms with Crippen molar-refractivity contribution < 1.29 is 4.79 Å². The second-order valence-corrected chi connectivity index (χ2v) is 5.44. The van der Waals surface area contributed by atoms with Gasteiger partial charge in [-0.1, -0.05) is 18.2 Å². The number of benzene rings is 1. The Balaban J connectivity index is 2.46. The number of primary amides is 1. The van der Waals surface area contributed by atoms with Gasteiger partial charge in [-0.05, 0) is 43.5 Å². The average molecular weight is 387 g/mol. The molecule has 5 nitrogen and oxygen atoms in total. The van der Waals surface area contributed by atoms with Crippen LogP contribution in [0.2, 0.25) is 0 Å². The predicted octanol–water partition coefficient (Wildman–Crippen LogP) is 1.92. The largest absolute Gasteiger partial charge is 0.366 e. The Morgan fingerprint density at radius 1 is 1.32 bits per heavy atom. The third kappa shape index (κ3) is 2.93. The van der Waals surface area contributed by atoms with Gasteiger partial charge in [0.25, 0.3) is 5.56 Å². The fraction of sp³-hybridized carbons (Fsp3) is 0.0833. The Morgan fingerprint density at radius 2 is 2.00 bits per heavy atom. The van der Waals surface area contributed by atoms with E-state index in [0.717, 1.165) is 0 Å². The molecule has 1 aromatic carbocycles. The lowest BCUT2D eigenvalue weighted by molar-refractivity contribution is 0.0999. The van der Waals surface area contributed by atoms with Crippen LogP contribution < -0.4 is 11.3 Å². The SMILES string of the molecule is NC(=O)c1ccccc1Cn1ncc(Br)c(Br)c1=O. The highest BCUT2D eigenvalue weighted by atomic mass is 79.9. The van der Waals surface area contributed by atoms with Gasteiger partial charge in [-0.15, -0.1) is 0 Å². The van der Waals surface area contributed by atoms with Gasteiger partial charge >= 0.3 is 0 Å². The molecule has 0 aliphatic carbocycles. The van der Waals surface area contributed by atoms with Gasteiger partial charge in [0.05, 0.1) is 17.2 Å². The van der Waals surface area contributed by atoms with E-state index >= 15 is 0 Å². The third-order valence-corrected chi connectivity index (χ3v) is 4.44. The zero-order valence-electron chi connectivity index (χ0n) is 9.64. The second kappa shape index (κ2) is 5.66. The van der Waals surface area contributed by atoms with Crippen molar-refractivity contribution in [1.29, 1.82) is 0 Å². The van der Waals surface area contributed by atoms with Gasteiger partial charge in [0, 0.05) is 5.56 Å². The van der Waals surface area contributed by atoms with E-state index in [1.165, 1.54) is 10.9 Å². The maximum absolute atomic E-state index is 12.0. The lowest BCUT2D eigenvalue weighted by Gasteiger charge is -2.08. The minimum Gasteiger partial charge on any atom is -0.366 e. The van der Waals surface area contributed by atoms with E-state index < -0.39 is 5.91 Å². The van der Waals surface area contributed by atoms with Crippen LogP contribution in [0.15, 0.2) is 44.2 Å². The summed E-state index contributed by atoms with van der Waals surface area (Å²) in [5, 5.41) is 4.01. The molecule has 98 valence electrons. The number of amides is 1. The first-order valence-corrected chi connectivity index (χ1v) is 6.88. The van der Waals surface area contributed by atoms with Crippen molar-refractivity contribution in [3.05, 3.63) is 60.9 Å². The third-order valence-electron chi connectivity index (χ3n) is 2.55. The van der Waals surface area contributed by atoms with Crippen molar-refractivity contribution in [3.8, 4) is 0 Å². The van der Waals surface area contributed by atoms with Crippen LogP contribution in [0.5, 0.6) is 0 Å². The van der Waals surface area contributed by atoms with E-state index in [1.807, 2.05) is 0 Å². The molecule has 0 radical (unpaired) electrons. The molecule has 2 aromatic rings. The summed E-state index contributed by atoms with van der Waals surface area (Å²) < 4.78 is 2.23. The first-order chi connectivity index (χ1) is 9.00. The molecular formula is C12H9Br2N3O2. The predicted molar refractivity (Wildman–Crippen MR) is 78.0 cm³/mol. The monoisotopic (exact) mass is 385 g/mol. The van der Waals surface area contributed by atoms with Gasteiger partial charge in [-0.3, -0.25) is 9.59 Å². The highest BCUT2D eigenvalue weighted by molar-refractivity contribution is 9.13. The van der Waals surface area contributed by atoms with Crippen molar-refractivity contribution in [2.45, 2.75) is 6.54 Å². The molecule has 1 amide bonds. The smallest absolute Gasteiger partial charge is 0.282 e. The van der Waals surface area contributed by atoms with Gasteiger partial charge in [-0.25, -0.2) is 4.68 Å². The van der Waals surface area contributed by atoms with Crippen LogP contribution >= 0.6 is 31.9 Å². The van der Waals surface area contributed by atoms with E-state index in [4.69, 9.17) is 5.73 Å². The molecule has 1 heterocycles. The fourth-order valence-electron chi connectivity index (χ4n) is 1.62. The number of hydrogen-bond donors (Lipinski definition) is 1. The summed E-state index contributed by atoms with van der Waals surface area (Å²) in [5.41, 5.74) is 6.05. The van der Waals surface area contributed by atoms with Crippen LogP contribution in [0.25, 0.3) is 0 Å². The molecule has 0 saturated carbocycles. The molecule has 0 aliphatic rings. The molecule has 0 bridgehead atoms. The zero-order valence-corrected chi connectivity index (χ0v) is 12.8. The number of carbonyl (C=O) groups is 1. The number of nitrogens with zero attached hydrogens (tertiary/aromatic N) is 2. The lowest BCUT2D eigenvalue weighted by Crippen LogP contribution is -2.25. The quantitative estimate of drug-likeness (QED) is 0.875. The molecule has 19 heavy (non-hydrogen) atoms. The molecule has 0 fully saturated rings. The van der Waals surface area contributed by atoms with E-state index in [9.17, 15) is 9.59 Å². The number of hydrogen-bond acceptors (Lipinski definition) is 3. The van der Waals surface area contributed by atoms with Crippen LogP contribution in [-0.4, -0.2) is 15.7 Å². The van der Waals surface area contributed by atoms with E-state index in [0.29, 0.717) is 20.1 Å². The number of nitrogens with two attached hydrogens (primary N) is 1. The number of halogens is 2. The summed E-state index contributed by atoms with van der Waals surface area (Å²) in [4.78, 5) is 23.3. The van der Waals surface area contributed by atoms with Gasteiger partial charge in [0.1, 0.15) is 4.47 Å². The molecule has 7 heteroatoms. The van der Waals surface area contributed by atoms with Gasteiger partial charge in [-0.2, -0.15) is 5.10 Å². The number of carbonyl (C=O) groups excluding carboxylic acids is 1. The molecule has 0 aliphatic heterocycles. The summed E-state index contributed by atoms with van der Waals surface area (Å²) in [6.45, 7) is 0.184. The topological polar surface area (TPSA) is 78.0 Å². The molecule has 0 atom stereocenters. The Hall–Kier alpha value is -1.47. The van der Waals surface area contributed by atoms with Crippen molar-refractivity contribution >= 4 is 37.8 Å².